The van der Waals surface area contributed by atoms with Gasteiger partial charge in [0.15, 0.2) is 0 Å². The number of nitrogens with one attached hydrogen (secondary N) is 1. The van der Waals surface area contributed by atoms with E-state index in [9.17, 15) is 22.4 Å². The molecule has 9 heteroatoms. The first-order valence-electron chi connectivity index (χ1n) is 7.50. The molecule has 0 saturated heterocycles. The molecule has 1 aromatic heterocycles. The van der Waals surface area contributed by atoms with E-state index >= 15 is 0 Å². The molecule has 0 bridgehead atoms. The van der Waals surface area contributed by atoms with Gasteiger partial charge in [-0.15, -0.1) is 0 Å². The summed E-state index contributed by atoms with van der Waals surface area (Å²) < 4.78 is 52.6. The van der Waals surface area contributed by atoms with Gasteiger partial charge in [0.25, 0.3) is 12.9 Å². The standard InChI is InChI=1S/C16H16ClF4N3O/c1-3-9-4-6-10(7-5-9)22-16(25)8(2)24-13(15(20)21)11(17)12(23-24)14(18)19/h4-8,14-15H,3H2,1-2H3,(H,22,25). The highest BCUT2D eigenvalue weighted by Gasteiger charge is 2.31. The van der Waals surface area contributed by atoms with Crippen molar-refractivity contribution in [3.8, 4) is 0 Å². The number of anilines is 1. The van der Waals surface area contributed by atoms with Crippen molar-refractivity contribution in [1.29, 1.82) is 0 Å². The second-order valence-electron chi connectivity index (χ2n) is 5.35. The van der Waals surface area contributed by atoms with Crippen molar-refractivity contribution in [2.75, 3.05) is 5.32 Å². The zero-order valence-corrected chi connectivity index (χ0v) is 14.2. The number of rotatable bonds is 6. The Morgan fingerprint density at radius 3 is 2.28 bits per heavy atom. The SMILES string of the molecule is CCc1ccc(NC(=O)C(C)n2nc(C(F)F)c(Cl)c2C(F)F)cc1. The van der Waals surface area contributed by atoms with E-state index in [1.54, 1.807) is 12.1 Å². The molecule has 0 saturated carbocycles. The topological polar surface area (TPSA) is 46.9 Å². The van der Waals surface area contributed by atoms with Crippen LogP contribution in [0.25, 0.3) is 0 Å². The first-order valence-corrected chi connectivity index (χ1v) is 7.87. The number of nitrogens with zero attached hydrogens (tertiary/aromatic N) is 2. The minimum Gasteiger partial charge on any atom is -0.324 e. The lowest BCUT2D eigenvalue weighted by atomic mass is 10.1. The van der Waals surface area contributed by atoms with Crippen LogP contribution < -0.4 is 5.32 Å². The number of carbonyl (C=O) groups is 1. The number of aromatic nitrogens is 2. The fourth-order valence-electron chi connectivity index (χ4n) is 2.26. The van der Waals surface area contributed by atoms with Crippen molar-refractivity contribution in [3.05, 3.63) is 46.2 Å². The van der Waals surface area contributed by atoms with Crippen molar-refractivity contribution in [2.24, 2.45) is 0 Å². The Balaban J connectivity index is 2.27. The zero-order chi connectivity index (χ0) is 18.7. The summed E-state index contributed by atoms with van der Waals surface area (Å²) in [5.41, 5.74) is -0.351. The molecule has 1 heterocycles. The number of halogens is 5. The molecule has 0 aliphatic rings. The fourth-order valence-corrected chi connectivity index (χ4v) is 2.55. The molecule has 0 fully saturated rings. The van der Waals surface area contributed by atoms with Crippen molar-refractivity contribution >= 4 is 23.2 Å². The number of hydrogen-bond acceptors (Lipinski definition) is 2. The third-order valence-corrected chi connectivity index (χ3v) is 4.09. The number of alkyl halides is 4. The highest BCUT2D eigenvalue weighted by molar-refractivity contribution is 6.32. The molecule has 1 N–H and O–H groups in total. The van der Waals surface area contributed by atoms with Crippen LogP contribution in [0.4, 0.5) is 23.2 Å². The summed E-state index contributed by atoms with van der Waals surface area (Å²) in [5, 5.41) is 5.13. The summed E-state index contributed by atoms with van der Waals surface area (Å²) in [6.45, 7) is 3.25. The molecule has 1 aromatic carbocycles. The molecule has 0 aliphatic heterocycles. The maximum Gasteiger partial charge on any atom is 0.283 e. The van der Waals surface area contributed by atoms with E-state index in [0.717, 1.165) is 12.0 Å². The smallest absolute Gasteiger partial charge is 0.283 e. The third kappa shape index (κ3) is 4.12. The third-order valence-electron chi connectivity index (χ3n) is 3.70. The molecule has 0 spiro atoms. The Morgan fingerprint density at radius 2 is 1.80 bits per heavy atom. The van der Waals surface area contributed by atoms with Crippen molar-refractivity contribution in [2.45, 2.75) is 39.2 Å². The minimum absolute atomic E-state index is 0.458. The predicted octanol–water partition coefficient (Wildman–Crippen LogP) is 5.17. The number of benzene rings is 1. The van der Waals surface area contributed by atoms with E-state index in [-0.39, 0.29) is 0 Å². The molecule has 25 heavy (non-hydrogen) atoms. The zero-order valence-electron chi connectivity index (χ0n) is 13.4. The molecule has 2 rings (SSSR count). The molecular weight excluding hydrogens is 362 g/mol. The van der Waals surface area contributed by atoms with Crippen LogP contribution in [-0.4, -0.2) is 15.7 Å². The number of aryl methyl sites for hydroxylation is 1. The normalized spacial score (nSPS) is 12.7. The van der Waals surface area contributed by atoms with Gasteiger partial charge >= 0.3 is 0 Å². The molecule has 1 amide bonds. The van der Waals surface area contributed by atoms with Crippen LogP contribution in [0, 0.1) is 0 Å². The molecule has 0 aliphatic carbocycles. The van der Waals surface area contributed by atoms with Crippen LogP contribution in [0.5, 0.6) is 0 Å². The Morgan fingerprint density at radius 1 is 1.20 bits per heavy atom. The van der Waals surface area contributed by atoms with E-state index in [0.29, 0.717) is 10.4 Å². The Kier molecular flexibility index (Phi) is 6.05. The van der Waals surface area contributed by atoms with Crippen LogP contribution >= 0.6 is 11.6 Å². The highest BCUT2D eigenvalue weighted by atomic mass is 35.5. The van der Waals surface area contributed by atoms with E-state index in [1.165, 1.54) is 6.92 Å². The summed E-state index contributed by atoms with van der Waals surface area (Å²) in [7, 11) is 0. The monoisotopic (exact) mass is 377 g/mol. The van der Waals surface area contributed by atoms with Crippen LogP contribution in [0.1, 0.15) is 49.7 Å². The molecule has 2 aromatic rings. The maximum absolute atomic E-state index is 13.2. The molecular formula is C16H16ClF4N3O. The van der Waals surface area contributed by atoms with Crippen molar-refractivity contribution < 1.29 is 22.4 Å². The fraction of sp³-hybridized carbons (Fsp3) is 0.375. The number of hydrogen-bond donors (Lipinski definition) is 1. The average Bonchev–Trinajstić information content (AvgIpc) is 2.92. The van der Waals surface area contributed by atoms with Crippen molar-refractivity contribution in [1.82, 2.24) is 9.78 Å². The van der Waals surface area contributed by atoms with Crippen LogP contribution in [0.2, 0.25) is 5.02 Å². The summed E-state index contributed by atoms with van der Waals surface area (Å²) in [6, 6.07) is 5.70. The summed E-state index contributed by atoms with van der Waals surface area (Å²) in [4.78, 5) is 12.3. The van der Waals surface area contributed by atoms with E-state index in [2.05, 4.69) is 10.4 Å². The van der Waals surface area contributed by atoms with Crippen LogP contribution in [-0.2, 0) is 11.2 Å². The number of amides is 1. The minimum atomic E-state index is -3.15. The Bertz CT molecular complexity index is 747. The van der Waals surface area contributed by atoms with Gasteiger partial charge in [-0.1, -0.05) is 30.7 Å². The van der Waals surface area contributed by atoms with E-state index in [4.69, 9.17) is 11.6 Å². The van der Waals surface area contributed by atoms with Gasteiger partial charge in [-0.05, 0) is 31.0 Å². The molecule has 136 valence electrons. The second-order valence-corrected chi connectivity index (χ2v) is 5.72. The van der Waals surface area contributed by atoms with Gasteiger partial charge in [-0.3, -0.25) is 4.79 Å². The molecule has 1 unspecified atom stereocenters. The van der Waals surface area contributed by atoms with Gasteiger partial charge < -0.3 is 5.32 Å². The Labute approximate surface area is 146 Å². The summed E-state index contributed by atoms with van der Waals surface area (Å²) >= 11 is 5.59. The lowest BCUT2D eigenvalue weighted by Crippen LogP contribution is -2.26. The maximum atomic E-state index is 13.2. The summed E-state index contributed by atoms with van der Waals surface area (Å²) in [5.74, 6) is -0.675. The van der Waals surface area contributed by atoms with Gasteiger partial charge in [-0.25, -0.2) is 22.2 Å². The lowest BCUT2D eigenvalue weighted by Gasteiger charge is -2.15. The lowest BCUT2D eigenvalue weighted by molar-refractivity contribution is -0.119. The van der Waals surface area contributed by atoms with E-state index in [1.807, 2.05) is 19.1 Å². The van der Waals surface area contributed by atoms with Gasteiger partial charge in [0.1, 0.15) is 17.4 Å². The van der Waals surface area contributed by atoms with Gasteiger partial charge in [0.05, 0.1) is 5.02 Å². The second kappa shape index (κ2) is 7.86. The first-order chi connectivity index (χ1) is 11.8. The van der Waals surface area contributed by atoms with Gasteiger partial charge in [0, 0.05) is 5.69 Å². The average molecular weight is 378 g/mol. The Hall–Kier alpha value is -2.09. The molecule has 4 nitrogen and oxygen atoms in total. The predicted molar refractivity (Wildman–Crippen MR) is 86.3 cm³/mol. The van der Waals surface area contributed by atoms with Crippen molar-refractivity contribution in [3.63, 3.8) is 0 Å². The summed E-state index contributed by atoms with van der Waals surface area (Å²) in [6.07, 6.45) is -5.44. The molecule has 1 atom stereocenters. The van der Waals surface area contributed by atoms with Gasteiger partial charge in [0.2, 0.25) is 5.91 Å². The highest BCUT2D eigenvalue weighted by Crippen LogP contribution is 2.36. The van der Waals surface area contributed by atoms with Crippen LogP contribution in [0.15, 0.2) is 24.3 Å². The first kappa shape index (κ1) is 19.2. The largest absolute Gasteiger partial charge is 0.324 e. The molecule has 0 radical (unpaired) electrons. The van der Waals surface area contributed by atoms with Crippen LogP contribution in [0.3, 0.4) is 0 Å². The van der Waals surface area contributed by atoms with Gasteiger partial charge in [-0.2, -0.15) is 5.10 Å². The quantitative estimate of drug-likeness (QED) is 0.705. The van der Waals surface area contributed by atoms with E-state index < -0.39 is 41.2 Å². The number of carbonyl (C=O) groups excluding carboxylic acids is 1.